The molecule has 0 aliphatic carbocycles. The maximum atomic E-state index is 13.1. The first-order valence-corrected chi connectivity index (χ1v) is 7.28. The zero-order valence-electron chi connectivity index (χ0n) is 11.6. The van der Waals surface area contributed by atoms with Crippen molar-refractivity contribution >= 4 is 11.6 Å². The van der Waals surface area contributed by atoms with Crippen LogP contribution < -0.4 is 0 Å². The highest BCUT2D eigenvalue weighted by molar-refractivity contribution is 6.17. The van der Waals surface area contributed by atoms with E-state index in [0.29, 0.717) is 17.3 Å². The zero-order chi connectivity index (χ0) is 15.5. The fourth-order valence-electron chi connectivity index (χ4n) is 2.23. The summed E-state index contributed by atoms with van der Waals surface area (Å²) in [5.74, 6) is -0.283. The molecule has 3 aromatic rings. The average molecular weight is 316 g/mol. The summed E-state index contributed by atoms with van der Waals surface area (Å²) >= 11 is 5.97. The fourth-order valence-corrected chi connectivity index (χ4v) is 2.45. The maximum Gasteiger partial charge on any atom is 0.123 e. The van der Waals surface area contributed by atoms with Gasteiger partial charge in [-0.15, -0.1) is 11.6 Å². The van der Waals surface area contributed by atoms with Crippen molar-refractivity contribution in [2.24, 2.45) is 0 Å². The molecule has 0 fully saturated rings. The van der Waals surface area contributed by atoms with E-state index in [4.69, 9.17) is 11.6 Å². The summed E-state index contributed by atoms with van der Waals surface area (Å²) in [6.45, 7) is 0. The van der Waals surface area contributed by atoms with Crippen LogP contribution in [0.2, 0.25) is 0 Å². The van der Waals surface area contributed by atoms with E-state index in [1.54, 1.807) is 24.3 Å². The molecule has 22 heavy (non-hydrogen) atoms. The van der Waals surface area contributed by atoms with Gasteiger partial charge in [-0.25, -0.2) is 13.8 Å². The quantitative estimate of drug-likeness (QED) is 0.587. The monoisotopic (exact) mass is 315 g/mol. The molecule has 110 valence electrons. The van der Waals surface area contributed by atoms with Crippen LogP contribution in [-0.4, -0.2) is 4.98 Å². The Morgan fingerprint density at radius 3 is 1.82 bits per heavy atom. The van der Waals surface area contributed by atoms with Crippen LogP contribution in [0, 0.1) is 11.6 Å². The third kappa shape index (κ3) is 3.00. The Bertz CT molecular complexity index is 783. The van der Waals surface area contributed by atoms with Crippen molar-refractivity contribution in [1.82, 2.24) is 4.98 Å². The lowest BCUT2D eigenvalue weighted by atomic mass is 10.0. The second-order valence-electron chi connectivity index (χ2n) is 4.85. The summed E-state index contributed by atoms with van der Waals surface area (Å²) in [7, 11) is 0. The van der Waals surface area contributed by atoms with Gasteiger partial charge in [-0.05, 0) is 60.2 Å². The van der Waals surface area contributed by atoms with Crippen LogP contribution in [0.5, 0.6) is 0 Å². The van der Waals surface area contributed by atoms with Crippen LogP contribution in [0.4, 0.5) is 8.78 Å². The van der Waals surface area contributed by atoms with Gasteiger partial charge in [0.25, 0.3) is 0 Å². The summed E-state index contributed by atoms with van der Waals surface area (Å²) in [5.41, 5.74) is 3.89. The van der Waals surface area contributed by atoms with Gasteiger partial charge in [-0.1, -0.05) is 6.07 Å². The first-order chi connectivity index (χ1) is 10.7. The number of hydrogen-bond donors (Lipinski definition) is 0. The summed E-state index contributed by atoms with van der Waals surface area (Å²) < 4.78 is 26.1. The Kier molecular flexibility index (Phi) is 4.16. The lowest BCUT2D eigenvalue weighted by Crippen LogP contribution is -1.94. The minimum absolute atomic E-state index is 0.292. The minimum Gasteiger partial charge on any atom is -0.247 e. The van der Waals surface area contributed by atoms with Crippen molar-refractivity contribution in [2.45, 2.75) is 5.88 Å². The molecular weight excluding hydrogens is 304 g/mol. The molecule has 2 aromatic carbocycles. The molecule has 4 heteroatoms. The first kappa shape index (κ1) is 14.7. The van der Waals surface area contributed by atoms with Crippen molar-refractivity contribution in [3.05, 3.63) is 77.9 Å². The second-order valence-corrected chi connectivity index (χ2v) is 5.12. The third-order valence-corrected chi connectivity index (χ3v) is 3.67. The molecule has 0 aliphatic heterocycles. The molecule has 0 aliphatic rings. The first-order valence-electron chi connectivity index (χ1n) is 6.75. The highest BCUT2D eigenvalue weighted by Gasteiger charge is 2.09. The molecule has 1 heterocycles. The standard InChI is InChI=1S/C18H12ClF2N/c19-11-14-5-10-17(12-1-6-15(20)7-2-12)22-18(14)13-3-8-16(21)9-4-13/h1-10H,11H2. The van der Waals surface area contributed by atoms with Crippen molar-refractivity contribution in [3.8, 4) is 22.5 Å². The molecule has 1 nitrogen and oxygen atoms in total. The molecule has 0 atom stereocenters. The van der Waals surface area contributed by atoms with E-state index < -0.39 is 0 Å². The van der Waals surface area contributed by atoms with Crippen molar-refractivity contribution in [1.29, 1.82) is 0 Å². The number of alkyl halides is 1. The highest BCUT2D eigenvalue weighted by Crippen LogP contribution is 2.27. The van der Waals surface area contributed by atoms with Gasteiger partial charge in [-0.3, -0.25) is 0 Å². The number of hydrogen-bond acceptors (Lipinski definition) is 1. The molecule has 0 bridgehead atoms. The average Bonchev–Trinajstić information content (AvgIpc) is 2.56. The van der Waals surface area contributed by atoms with Crippen LogP contribution in [-0.2, 0) is 5.88 Å². The van der Waals surface area contributed by atoms with Crippen molar-refractivity contribution in [2.75, 3.05) is 0 Å². The molecular formula is C18H12ClF2N. The predicted octanol–water partition coefficient (Wildman–Crippen LogP) is 5.43. The molecule has 1 aromatic heterocycles. The van der Waals surface area contributed by atoms with Gasteiger partial charge in [0.2, 0.25) is 0 Å². The van der Waals surface area contributed by atoms with Crippen LogP contribution in [0.15, 0.2) is 60.7 Å². The molecule has 0 saturated heterocycles. The smallest absolute Gasteiger partial charge is 0.123 e. The van der Waals surface area contributed by atoms with Gasteiger partial charge in [0.15, 0.2) is 0 Å². The second kappa shape index (κ2) is 6.24. The Balaban J connectivity index is 2.10. The number of rotatable bonds is 3. The molecule has 0 unspecified atom stereocenters. The Morgan fingerprint density at radius 2 is 1.27 bits per heavy atom. The highest BCUT2D eigenvalue weighted by atomic mass is 35.5. The summed E-state index contributed by atoms with van der Waals surface area (Å²) in [5, 5.41) is 0. The van der Waals surface area contributed by atoms with E-state index in [9.17, 15) is 8.78 Å². The molecule has 0 N–H and O–H groups in total. The van der Waals surface area contributed by atoms with Gasteiger partial charge in [0, 0.05) is 17.0 Å². The minimum atomic E-state index is -0.300. The van der Waals surface area contributed by atoms with Crippen LogP contribution >= 0.6 is 11.6 Å². The van der Waals surface area contributed by atoms with E-state index >= 15 is 0 Å². The van der Waals surface area contributed by atoms with Crippen molar-refractivity contribution < 1.29 is 8.78 Å². The lowest BCUT2D eigenvalue weighted by molar-refractivity contribution is 0.627. The van der Waals surface area contributed by atoms with E-state index in [2.05, 4.69) is 4.98 Å². The topological polar surface area (TPSA) is 12.9 Å². The fraction of sp³-hybridized carbons (Fsp3) is 0.0556. The number of aromatic nitrogens is 1. The Morgan fingerprint density at radius 1 is 0.727 bits per heavy atom. The van der Waals surface area contributed by atoms with Gasteiger partial charge >= 0.3 is 0 Å². The third-order valence-electron chi connectivity index (χ3n) is 3.38. The SMILES string of the molecule is Fc1ccc(-c2ccc(CCl)c(-c3ccc(F)cc3)n2)cc1. The van der Waals surface area contributed by atoms with E-state index in [0.717, 1.165) is 16.7 Å². The summed E-state index contributed by atoms with van der Waals surface area (Å²) in [4.78, 5) is 4.61. The lowest BCUT2D eigenvalue weighted by Gasteiger charge is -2.10. The number of pyridine rings is 1. The molecule has 0 radical (unpaired) electrons. The predicted molar refractivity (Wildman–Crippen MR) is 84.6 cm³/mol. The van der Waals surface area contributed by atoms with Gasteiger partial charge in [-0.2, -0.15) is 0 Å². The molecule has 3 rings (SSSR count). The number of benzene rings is 2. The maximum absolute atomic E-state index is 13.1. The number of halogens is 3. The van der Waals surface area contributed by atoms with Gasteiger partial charge < -0.3 is 0 Å². The normalized spacial score (nSPS) is 10.7. The van der Waals surface area contributed by atoms with Gasteiger partial charge in [0.1, 0.15) is 11.6 Å². The Hall–Kier alpha value is -2.26. The summed E-state index contributed by atoms with van der Waals surface area (Å²) in [6.07, 6.45) is 0. The molecule has 0 spiro atoms. The summed E-state index contributed by atoms with van der Waals surface area (Å²) in [6, 6.07) is 16.0. The number of nitrogens with zero attached hydrogens (tertiary/aromatic N) is 1. The molecule has 0 saturated carbocycles. The molecule has 0 amide bonds. The van der Waals surface area contributed by atoms with Crippen LogP contribution in [0.3, 0.4) is 0 Å². The van der Waals surface area contributed by atoms with E-state index in [-0.39, 0.29) is 11.6 Å². The largest absolute Gasteiger partial charge is 0.247 e. The van der Waals surface area contributed by atoms with Crippen LogP contribution in [0.25, 0.3) is 22.5 Å². The van der Waals surface area contributed by atoms with Crippen LogP contribution in [0.1, 0.15) is 5.56 Å². The Labute approximate surface area is 132 Å². The van der Waals surface area contributed by atoms with Gasteiger partial charge in [0.05, 0.1) is 11.4 Å². The zero-order valence-corrected chi connectivity index (χ0v) is 12.3. The van der Waals surface area contributed by atoms with E-state index in [1.807, 2.05) is 12.1 Å². The van der Waals surface area contributed by atoms with Crippen molar-refractivity contribution in [3.63, 3.8) is 0 Å². The van der Waals surface area contributed by atoms with E-state index in [1.165, 1.54) is 24.3 Å².